The molecule has 1 aliphatic heterocycles. The van der Waals surface area contributed by atoms with E-state index >= 15 is 0 Å². The van der Waals surface area contributed by atoms with E-state index in [1.165, 1.54) is 6.07 Å². The number of hydrogen-bond acceptors (Lipinski definition) is 3. The number of ether oxygens (including phenoxy) is 1. The molecule has 1 amide bonds. The first-order chi connectivity index (χ1) is 8.11. The smallest absolute Gasteiger partial charge is 0.247 e. The molecule has 0 spiro atoms. The summed E-state index contributed by atoms with van der Waals surface area (Å²) < 4.78 is 18.6. The van der Waals surface area contributed by atoms with E-state index in [0.717, 1.165) is 0 Å². The summed E-state index contributed by atoms with van der Waals surface area (Å²) in [5, 5.41) is 5.73. The van der Waals surface area contributed by atoms with Gasteiger partial charge in [0, 0.05) is 19.8 Å². The van der Waals surface area contributed by atoms with Gasteiger partial charge in [-0.2, -0.15) is 0 Å². The molecule has 0 bridgehead atoms. The second-order valence-corrected chi connectivity index (χ2v) is 4.63. The fourth-order valence-electron chi connectivity index (χ4n) is 1.68. The Hall–Kier alpha value is -1.14. The lowest BCUT2D eigenvalue weighted by Gasteiger charge is -2.26. The molecular weight excluding hydrogens is 291 g/mol. The summed E-state index contributed by atoms with van der Waals surface area (Å²) in [4.78, 5) is 11.7. The Morgan fingerprint density at radius 1 is 1.47 bits per heavy atom. The van der Waals surface area contributed by atoms with Gasteiger partial charge in [-0.1, -0.05) is 0 Å². The summed E-state index contributed by atoms with van der Waals surface area (Å²) in [5.74, 6) is -0.494. The molecule has 92 valence electrons. The van der Waals surface area contributed by atoms with Crippen molar-refractivity contribution in [3.8, 4) is 0 Å². The van der Waals surface area contributed by atoms with Gasteiger partial charge >= 0.3 is 0 Å². The highest BCUT2D eigenvalue weighted by Gasteiger charge is 2.25. The zero-order valence-electron chi connectivity index (χ0n) is 9.22. The summed E-state index contributed by atoms with van der Waals surface area (Å²) in [6.07, 6.45) is 0.541. The molecule has 6 heteroatoms. The van der Waals surface area contributed by atoms with E-state index in [1.807, 2.05) is 0 Å². The van der Waals surface area contributed by atoms with Gasteiger partial charge in [-0.15, -0.1) is 0 Å². The third-order valence-electron chi connectivity index (χ3n) is 2.58. The SMILES string of the molecule is COCCC1Nc2cc(F)c(Br)cc2NC1=O. The van der Waals surface area contributed by atoms with Crippen molar-refractivity contribution in [1.82, 2.24) is 0 Å². The van der Waals surface area contributed by atoms with Crippen molar-refractivity contribution in [2.75, 3.05) is 24.4 Å². The number of carbonyl (C=O) groups is 1. The van der Waals surface area contributed by atoms with Gasteiger partial charge in [0.2, 0.25) is 5.91 Å². The molecule has 1 atom stereocenters. The molecule has 2 N–H and O–H groups in total. The van der Waals surface area contributed by atoms with Crippen LogP contribution in [0.4, 0.5) is 15.8 Å². The lowest BCUT2D eigenvalue weighted by Crippen LogP contribution is -2.39. The monoisotopic (exact) mass is 302 g/mol. The number of methoxy groups -OCH3 is 1. The fraction of sp³-hybridized carbons (Fsp3) is 0.364. The number of rotatable bonds is 3. The number of halogens is 2. The average molecular weight is 303 g/mol. The molecule has 0 radical (unpaired) electrons. The van der Waals surface area contributed by atoms with Crippen LogP contribution in [0.3, 0.4) is 0 Å². The van der Waals surface area contributed by atoms with Crippen molar-refractivity contribution in [3.63, 3.8) is 0 Å². The van der Waals surface area contributed by atoms with Crippen LogP contribution >= 0.6 is 15.9 Å². The van der Waals surface area contributed by atoms with E-state index < -0.39 is 0 Å². The summed E-state index contributed by atoms with van der Waals surface area (Å²) in [6, 6.07) is 2.52. The molecule has 1 unspecified atom stereocenters. The molecule has 0 saturated carbocycles. The van der Waals surface area contributed by atoms with Crippen LogP contribution in [-0.4, -0.2) is 25.7 Å². The van der Waals surface area contributed by atoms with E-state index in [9.17, 15) is 9.18 Å². The first-order valence-corrected chi connectivity index (χ1v) is 5.96. The molecule has 1 heterocycles. The standard InChI is InChI=1S/C11H12BrFN2O2/c1-17-3-2-8-11(16)15-9-4-6(12)7(13)5-10(9)14-8/h4-5,8,14H,2-3H2,1H3,(H,15,16). The molecule has 4 nitrogen and oxygen atoms in total. The Morgan fingerprint density at radius 2 is 2.24 bits per heavy atom. The van der Waals surface area contributed by atoms with Crippen LogP contribution < -0.4 is 10.6 Å². The second kappa shape index (κ2) is 5.01. The highest BCUT2D eigenvalue weighted by molar-refractivity contribution is 9.10. The van der Waals surface area contributed by atoms with E-state index in [2.05, 4.69) is 26.6 Å². The van der Waals surface area contributed by atoms with Crippen LogP contribution in [0.2, 0.25) is 0 Å². The molecule has 1 aromatic carbocycles. The number of amides is 1. The average Bonchev–Trinajstić information content (AvgIpc) is 2.29. The number of anilines is 2. The molecule has 0 aromatic heterocycles. The van der Waals surface area contributed by atoms with Gasteiger partial charge in [-0.05, 0) is 28.4 Å². The molecule has 1 aliphatic rings. The highest BCUT2D eigenvalue weighted by Crippen LogP contribution is 2.32. The minimum absolute atomic E-state index is 0.131. The van der Waals surface area contributed by atoms with Gasteiger partial charge in [0.15, 0.2) is 0 Å². The van der Waals surface area contributed by atoms with Crippen LogP contribution in [0.5, 0.6) is 0 Å². The van der Waals surface area contributed by atoms with Crippen molar-refractivity contribution >= 4 is 33.2 Å². The molecule has 2 rings (SSSR count). The minimum atomic E-state index is -0.386. The molecular formula is C11H12BrFN2O2. The van der Waals surface area contributed by atoms with Gasteiger partial charge in [-0.25, -0.2) is 4.39 Å². The molecule has 1 aromatic rings. The van der Waals surface area contributed by atoms with Gasteiger partial charge in [0.05, 0.1) is 15.8 Å². The quantitative estimate of drug-likeness (QED) is 0.901. The predicted molar refractivity (Wildman–Crippen MR) is 66.6 cm³/mol. The van der Waals surface area contributed by atoms with Crippen LogP contribution in [0, 0.1) is 5.82 Å². The Kier molecular flexibility index (Phi) is 3.63. The van der Waals surface area contributed by atoms with Crippen molar-refractivity contribution < 1.29 is 13.9 Å². The van der Waals surface area contributed by atoms with E-state index in [0.29, 0.717) is 28.9 Å². The van der Waals surface area contributed by atoms with Crippen molar-refractivity contribution in [2.24, 2.45) is 0 Å². The molecule has 0 saturated heterocycles. The zero-order chi connectivity index (χ0) is 12.4. The maximum absolute atomic E-state index is 13.4. The zero-order valence-corrected chi connectivity index (χ0v) is 10.8. The first kappa shape index (κ1) is 12.3. The molecule has 0 fully saturated rings. The van der Waals surface area contributed by atoms with E-state index in [1.54, 1.807) is 13.2 Å². The van der Waals surface area contributed by atoms with Crippen molar-refractivity contribution in [1.29, 1.82) is 0 Å². The van der Waals surface area contributed by atoms with E-state index in [-0.39, 0.29) is 17.8 Å². The number of fused-ring (bicyclic) bond motifs is 1. The fourth-order valence-corrected chi connectivity index (χ4v) is 2.03. The number of carbonyl (C=O) groups excluding carboxylic acids is 1. The third kappa shape index (κ3) is 2.58. The Morgan fingerprint density at radius 3 is 2.94 bits per heavy atom. The van der Waals surface area contributed by atoms with Crippen molar-refractivity contribution in [2.45, 2.75) is 12.5 Å². The normalized spacial score (nSPS) is 18.3. The summed E-state index contributed by atoms with van der Waals surface area (Å²) in [7, 11) is 1.57. The Labute approximate surface area is 107 Å². The number of benzene rings is 1. The summed E-state index contributed by atoms with van der Waals surface area (Å²) >= 11 is 3.08. The summed E-state index contributed by atoms with van der Waals surface area (Å²) in [6.45, 7) is 0.472. The second-order valence-electron chi connectivity index (χ2n) is 3.78. The Balaban J connectivity index is 2.22. The maximum Gasteiger partial charge on any atom is 0.247 e. The lowest BCUT2D eigenvalue weighted by molar-refractivity contribution is -0.117. The molecule has 0 aliphatic carbocycles. The topological polar surface area (TPSA) is 50.4 Å². The maximum atomic E-state index is 13.4. The van der Waals surface area contributed by atoms with Crippen LogP contribution in [0.15, 0.2) is 16.6 Å². The minimum Gasteiger partial charge on any atom is -0.385 e. The van der Waals surface area contributed by atoms with Crippen LogP contribution in [-0.2, 0) is 9.53 Å². The predicted octanol–water partition coefficient (Wildman–Crippen LogP) is 2.36. The summed E-state index contributed by atoms with van der Waals surface area (Å²) in [5.41, 5.74) is 1.17. The third-order valence-corrected chi connectivity index (χ3v) is 3.18. The highest BCUT2D eigenvalue weighted by atomic mass is 79.9. The first-order valence-electron chi connectivity index (χ1n) is 5.17. The van der Waals surface area contributed by atoms with Gasteiger partial charge < -0.3 is 15.4 Å². The number of hydrogen-bond donors (Lipinski definition) is 2. The Bertz CT molecular complexity index is 453. The van der Waals surface area contributed by atoms with Gasteiger partial charge in [0.1, 0.15) is 11.9 Å². The van der Waals surface area contributed by atoms with E-state index in [4.69, 9.17) is 4.74 Å². The number of nitrogens with one attached hydrogen (secondary N) is 2. The van der Waals surface area contributed by atoms with Crippen LogP contribution in [0.1, 0.15) is 6.42 Å². The van der Waals surface area contributed by atoms with Crippen molar-refractivity contribution in [3.05, 3.63) is 22.4 Å². The largest absolute Gasteiger partial charge is 0.385 e. The van der Waals surface area contributed by atoms with Gasteiger partial charge in [0.25, 0.3) is 0 Å². The van der Waals surface area contributed by atoms with Crippen LogP contribution in [0.25, 0.3) is 0 Å². The lowest BCUT2D eigenvalue weighted by atomic mass is 10.1. The molecule has 17 heavy (non-hydrogen) atoms. The van der Waals surface area contributed by atoms with Gasteiger partial charge in [-0.3, -0.25) is 4.79 Å².